The predicted octanol–water partition coefficient (Wildman–Crippen LogP) is 3.56. The molecule has 140 valence electrons. The van der Waals surface area contributed by atoms with Gasteiger partial charge in [-0.25, -0.2) is 0 Å². The number of amides is 2. The van der Waals surface area contributed by atoms with E-state index in [9.17, 15) is 9.59 Å². The van der Waals surface area contributed by atoms with Gasteiger partial charge in [-0.05, 0) is 42.0 Å². The van der Waals surface area contributed by atoms with Crippen LogP contribution >= 0.6 is 11.3 Å². The summed E-state index contributed by atoms with van der Waals surface area (Å²) >= 11 is 1.36. The van der Waals surface area contributed by atoms with Gasteiger partial charge in [-0.3, -0.25) is 9.59 Å². The SMILES string of the molecule is CCOc1ccc(CN(C)C(=O)C(NC(=O)c2cccs2)C(C)C)cc1. The predicted molar refractivity (Wildman–Crippen MR) is 104 cm³/mol. The van der Waals surface area contributed by atoms with Crippen LogP contribution < -0.4 is 10.1 Å². The molecule has 0 saturated carbocycles. The maximum absolute atomic E-state index is 12.9. The lowest BCUT2D eigenvalue weighted by atomic mass is 10.0. The van der Waals surface area contributed by atoms with Crippen molar-refractivity contribution >= 4 is 23.2 Å². The van der Waals surface area contributed by atoms with Gasteiger partial charge in [0.05, 0.1) is 11.5 Å². The second kappa shape index (κ2) is 9.38. The molecule has 0 spiro atoms. The minimum atomic E-state index is -0.558. The molecule has 1 aromatic carbocycles. The molecule has 26 heavy (non-hydrogen) atoms. The van der Waals surface area contributed by atoms with E-state index in [-0.39, 0.29) is 17.7 Å². The van der Waals surface area contributed by atoms with E-state index in [1.165, 1.54) is 11.3 Å². The first kappa shape index (κ1) is 20.0. The van der Waals surface area contributed by atoms with Gasteiger partial charge in [0.25, 0.3) is 5.91 Å². The Labute approximate surface area is 159 Å². The third-order valence-electron chi connectivity index (χ3n) is 3.99. The van der Waals surface area contributed by atoms with Gasteiger partial charge in [-0.15, -0.1) is 11.3 Å². The van der Waals surface area contributed by atoms with Crippen LogP contribution in [0.15, 0.2) is 41.8 Å². The quantitative estimate of drug-likeness (QED) is 0.769. The fourth-order valence-corrected chi connectivity index (χ4v) is 3.21. The summed E-state index contributed by atoms with van der Waals surface area (Å²) in [7, 11) is 1.76. The van der Waals surface area contributed by atoms with E-state index < -0.39 is 6.04 Å². The third kappa shape index (κ3) is 5.33. The zero-order valence-electron chi connectivity index (χ0n) is 15.7. The summed E-state index contributed by atoms with van der Waals surface area (Å²) < 4.78 is 5.44. The van der Waals surface area contributed by atoms with Crippen LogP contribution in [0.2, 0.25) is 0 Å². The van der Waals surface area contributed by atoms with Crippen molar-refractivity contribution < 1.29 is 14.3 Å². The van der Waals surface area contributed by atoms with Crippen LogP contribution in [0.25, 0.3) is 0 Å². The number of nitrogens with one attached hydrogen (secondary N) is 1. The summed E-state index contributed by atoms with van der Waals surface area (Å²) in [6, 6.07) is 10.7. The van der Waals surface area contributed by atoms with Crippen LogP contribution in [0.3, 0.4) is 0 Å². The zero-order valence-corrected chi connectivity index (χ0v) is 16.5. The van der Waals surface area contributed by atoms with Crippen molar-refractivity contribution in [2.24, 2.45) is 5.92 Å². The standard InChI is InChI=1S/C20H26N2O3S/c1-5-25-16-10-8-15(9-11-16)13-22(4)20(24)18(14(2)3)21-19(23)17-7-6-12-26-17/h6-12,14,18H,5,13H2,1-4H3,(H,21,23). The summed E-state index contributed by atoms with van der Waals surface area (Å²) in [5, 5.41) is 4.72. The molecule has 0 saturated heterocycles. The summed E-state index contributed by atoms with van der Waals surface area (Å²) in [6.45, 7) is 6.90. The lowest BCUT2D eigenvalue weighted by Crippen LogP contribution is -2.49. The molecular formula is C20H26N2O3S. The second-order valence-electron chi connectivity index (χ2n) is 6.44. The largest absolute Gasteiger partial charge is 0.494 e. The molecular weight excluding hydrogens is 348 g/mol. The van der Waals surface area contributed by atoms with Gasteiger partial charge in [0.15, 0.2) is 0 Å². The molecule has 0 aliphatic heterocycles. The summed E-state index contributed by atoms with van der Waals surface area (Å²) in [5.74, 6) is 0.503. The molecule has 0 aliphatic rings. The Morgan fingerprint density at radius 1 is 1.19 bits per heavy atom. The van der Waals surface area contributed by atoms with Crippen molar-refractivity contribution in [1.82, 2.24) is 10.2 Å². The van der Waals surface area contributed by atoms with Gasteiger partial charge in [-0.1, -0.05) is 32.0 Å². The van der Waals surface area contributed by atoms with Crippen LogP contribution in [0.4, 0.5) is 0 Å². The van der Waals surface area contributed by atoms with E-state index in [1.807, 2.05) is 56.5 Å². The van der Waals surface area contributed by atoms with Crippen molar-refractivity contribution in [3.63, 3.8) is 0 Å². The maximum Gasteiger partial charge on any atom is 0.262 e. The number of thiophene rings is 1. The van der Waals surface area contributed by atoms with E-state index in [0.29, 0.717) is 18.0 Å². The molecule has 1 N–H and O–H groups in total. The highest BCUT2D eigenvalue weighted by Gasteiger charge is 2.27. The Morgan fingerprint density at radius 2 is 1.88 bits per heavy atom. The Kier molecular flexibility index (Phi) is 7.21. The molecule has 0 aliphatic carbocycles. The molecule has 6 heteroatoms. The normalized spacial score (nSPS) is 11.9. The maximum atomic E-state index is 12.9. The van der Waals surface area contributed by atoms with E-state index in [1.54, 1.807) is 18.0 Å². The van der Waals surface area contributed by atoms with Crippen LogP contribution in [0, 0.1) is 5.92 Å². The van der Waals surface area contributed by atoms with Crippen LogP contribution in [0.5, 0.6) is 5.75 Å². The topological polar surface area (TPSA) is 58.6 Å². The van der Waals surface area contributed by atoms with Crippen LogP contribution in [-0.2, 0) is 11.3 Å². The molecule has 1 atom stereocenters. The number of hydrogen-bond acceptors (Lipinski definition) is 4. The van der Waals surface area contributed by atoms with Gasteiger partial charge in [0.1, 0.15) is 11.8 Å². The van der Waals surface area contributed by atoms with Gasteiger partial charge in [-0.2, -0.15) is 0 Å². The average molecular weight is 375 g/mol. The summed E-state index contributed by atoms with van der Waals surface area (Å²) in [6.07, 6.45) is 0. The lowest BCUT2D eigenvalue weighted by Gasteiger charge is -2.27. The highest BCUT2D eigenvalue weighted by molar-refractivity contribution is 7.12. The molecule has 0 bridgehead atoms. The molecule has 1 aromatic heterocycles. The molecule has 0 radical (unpaired) electrons. The number of rotatable bonds is 8. The lowest BCUT2D eigenvalue weighted by molar-refractivity contribution is -0.133. The fourth-order valence-electron chi connectivity index (χ4n) is 2.58. The Bertz CT molecular complexity index is 711. The van der Waals surface area contributed by atoms with Gasteiger partial charge in [0, 0.05) is 13.6 Å². The number of benzene rings is 1. The fraction of sp³-hybridized carbons (Fsp3) is 0.400. The number of carbonyl (C=O) groups is 2. The van der Waals surface area contributed by atoms with Crippen LogP contribution in [0.1, 0.15) is 36.0 Å². The zero-order chi connectivity index (χ0) is 19.1. The van der Waals surface area contributed by atoms with Crippen molar-refractivity contribution in [2.75, 3.05) is 13.7 Å². The second-order valence-corrected chi connectivity index (χ2v) is 7.39. The van der Waals surface area contributed by atoms with Gasteiger partial charge >= 0.3 is 0 Å². The molecule has 2 rings (SSSR count). The van der Waals surface area contributed by atoms with Crippen molar-refractivity contribution in [2.45, 2.75) is 33.4 Å². The molecule has 2 amide bonds. The molecule has 2 aromatic rings. The number of hydrogen-bond donors (Lipinski definition) is 1. The molecule has 1 heterocycles. The first-order chi connectivity index (χ1) is 12.4. The van der Waals surface area contributed by atoms with E-state index in [4.69, 9.17) is 4.74 Å². The minimum absolute atomic E-state index is 0.00538. The van der Waals surface area contributed by atoms with Crippen molar-refractivity contribution in [1.29, 1.82) is 0 Å². The Hall–Kier alpha value is -2.34. The van der Waals surface area contributed by atoms with Gasteiger partial charge in [0.2, 0.25) is 5.91 Å². The Morgan fingerprint density at radius 3 is 2.42 bits per heavy atom. The first-order valence-electron chi connectivity index (χ1n) is 8.73. The molecule has 0 fully saturated rings. The monoisotopic (exact) mass is 374 g/mol. The first-order valence-corrected chi connectivity index (χ1v) is 9.61. The molecule has 5 nitrogen and oxygen atoms in total. The highest BCUT2D eigenvalue weighted by Crippen LogP contribution is 2.15. The average Bonchev–Trinajstić information content (AvgIpc) is 3.15. The van der Waals surface area contributed by atoms with E-state index >= 15 is 0 Å². The van der Waals surface area contributed by atoms with Crippen LogP contribution in [-0.4, -0.2) is 36.4 Å². The summed E-state index contributed by atoms with van der Waals surface area (Å²) in [4.78, 5) is 27.4. The molecule has 1 unspecified atom stereocenters. The number of nitrogens with zero attached hydrogens (tertiary/aromatic N) is 1. The van der Waals surface area contributed by atoms with E-state index in [2.05, 4.69) is 5.32 Å². The number of ether oxygens (including phenoxy) is 1. The smallest absolute Gasteiger partial charge is 0.262 e. The van der Waals surface area contributed by atoms with E-state index in [0.717, 1.165) is 11.3 Å². The van der Waals surface area contributed by atoms with Gasteiger partial charge < -0.3 is 15.0 Å². The number of carbonyl (C=O) groups excluding carboxylic acids is 2. The van der Waals surface area contributed by atoms with Crippen molar-refractivity contribution in [3.8, 4) is 5.75 Å². The number of likely N-dealkylation sites (N-methyl/N-ethyl adjacent to an activating group) is 1. The van der Waals surface area contributed by atoms with Crippen molar-refractivity contribution in [3.05, 3.63) is 52.2 Å². The third-order valence-corrected chi connectivity index (χ3v) is 4.86. The minimum Gasteiger partial charge on any atom is -0.494 e. The Balaban J connectivity index is 2.01. The summed E-state index contributed by atoms with van der Waals surface area (Å²) in [5.41, 5.74) is 1.01. The highest BCUT2D eigenvalue weighted by atomic mass is 32.1.